The normalized spacial score (nSPS) is 23.8. The number of terminal acetylenes is 1. The maximum Gasteiger partial charge on any atom is 0.164 e. The number of hydrogen-bond acceptors (Lipinski definition) is 7. The third-order valence-corrected chi connectivity index (χ3v) is 6.96. The van der Waals surface area contributed by atoms with Gasteiger partial charge < -0.3 is 15.8 Å². The van der Waals surface area contributed by atoms with Crippen LogP contribution in [-0.4, -0.2) is 27.0 Å². The second-order valence-electron chi connectivity index (χ2n) is 7.94. The standard InChI is InChI=1S/C23H19F2N5OS/c1-3-6-31-14-7-12-4-5-27-21(20(12)28-11-14)29-13-8-16(19(25)17(24)9-13)23(2)15-10-18(15)32-22(26)30-23/h1,4-5,7-9,11,15,18H,6,10H2,2H3,(H2,26,30)(H,27,29)/t15-,18?,23+/m1/s1. The molecule has 3 N–H and O–H groups in total. The van der Waals surface area contributed by atoms with E-state index in [2.05, 4.69) is 26.2 Å². The summed E-state index contributed by atoms with van der Waals surface area (Å²) >= 11 is 1.49. The second-order valence-corrected chi connectivity index (χ2v) is 9.20. The Morgan fingerprint density at radius 3 is 3.00 bits per heavy atom. The number of rotatable bonds is 5. The summed E-state index contributed by atoms with van der Waals surface area (Å²) in [6, 6.07) is 6.24. The van der Waals surface area contributed by atoms with Crippen molar-refractivity contribution in [1.82, 2.24) is 9.97 Å². The quantitative estimate of drug-likeness (QED) is 0.562. The molecule has 162 valence electrons. The largest absolute Gasteiger partial charge is 0.479 e. The van der Waals surface area contributed by atoms with E-state index in [0.717, 1.165) is 17.9 Å². The summed E-state index contributed by atoms with van der Waals surface area (Å²) in [5.74, 6) is 1.57. The van der Waals surface area contributed by atoms with Crippen LogP contribution in [-0.2, 0) is 5.54 Å². The molecule has 2 aliphatic rings. The van der Waals surface area contributed by atoms with Gasteiger partial charge in [-0.2, -0.15) is 0 Å². The number of thioether (sulfide) groups is 1. The van der Waals surface area contributed by atoms with Crippen LogP contribution in [0.5, 0.6) is 5.75 Å². The Morgan fingerprint density at radius 1 is 1.34 bits per heavy atom. The Balaban J connectivity index is 1.52. The summed E-state index contributed by atoms with van der Waals surface area (Å²) in [7, 11) is 0. The summed E-state index contributed by atoms with van der Waals surface area (Å²) in [5, 5.41) is 4.51. The van der Waals surface area contributed by atoms with E-state index >= 15 is 0 Å². The maximum atomic E-state index is 14.9. The second kappa shape index (κ2) is 7.64. The molecule has 0 spiro atoms. The number of nitrogens with two attached hydrogens (primary N) is 1. The number of hydrogen-bond donors (Lipinski definition) is 2. The van der Waals surface area contributed by atoms with E-state index in [1.54, 1.807) is 31.3 Å². The van der Waals surface area contributed by atoms with Crippen molar-refractivity contribution >= 4 is 39.3 Å². The van der Waals surface area contributed by atoms with Gasteiger partial charge in [-0.05, 0) is 31.5 Å². The number of anilines is 2. The molecule has 1 fully saturated rings. The monoisotopic (exact) mass is 451 g/mol. The maximum absolute atomic E-state index is 14.9. The molecule has 9 heteroatoms. The summed E-state index contributed by atoms with van der Waals surface area (Å²) in [6.07, 6.45) is 9.22. The minimum absolute atomic E-state index is 0.114. The van der Waals surface area contributed by atoms with Gasteiger partial charge in [0.15, 0.2) is 22.6 Å². The molecule has 1 aliphatic heterocycles. The Morgan fingerprint density at radius 2 is 2.19 bits per heavy atom. The number of halogens is 2. The topological polar surface area (TPSA) is 85.4 Å². The van der Waals surface area contributed by atoms with Gasteiger partial charge in [0, 0.05) is 40.1 Å². The van der Waals surface area contributed by atoms with Crippen LogP contribution in [0.2, 0.25) is 0 Å². The van der Waals surface area contributed by atoms with Crippen LogP contribution in [0, 0.1) is 29.9 Å². The minimum Gasteiger partial charge on any atom is -0.479 e. The zero-order valence-corrected chi connectivity index (χ0v) is 17.9. The number of nitrogens with one attached hydrogen (secondary N) is 1. The molecule has 6 nitrogen and oxygen atoms in total. The van der Waals surface area contributed by atoms with Gasteiger partial charge in [0.1, 0.15) is 17.9 Å². The van der Waals surface area contributed by atoms with Crippen molar-refractivity contribution in [2.75, 3.05) is 11.9 Å². The first kappa shape index (κ1) is 20.5. The van der Waals surface area contributed by atoms with E-state index in [1.165, 1.54) is 18.0 Å². The van der Waals surface area contributed by atoms with Gasteiger partial charge in [-0.15, -0.1) is 6.42 Å². The average molecular weight is 452 g/mol. The highest BCUT2D eigenvalue weighted by Gasteiger charge is 2.56. The van der Waals surface area contributed by atoms with E-state index in [9.17, 15) is 8.78 Å². The van der Waals surface area contributed by atoms with Crippen molar-refractivity contribution in [3.8, 4) is 18.1 Å². The molecule has 1 unspecified atom stereocenters. The Labute approximate surface area is 187 Å². The lowest BCUT2D eigenvalue weighted by molar-refractivity contribution is 0.369. The van der Waals surface area contributed by atoms with Gasteiger partial charge in [0.05, 0.1) is 11.7 Å². The molecular weight excluding hydrogens is 432 g/mol. The number of pyridine rings is 2. The van der Waals surface area contributed by atoms with Crippen molar-refractivity contribution < 1.29 is 13.5 Å². The molecular formula is C23H19F2N5OS. The Kier molecular flexibility index (Phi) is 4.90. The van der Waals surface area contributed by atoms with Gasteiger partial charge >= 0.3 is 0 Å². The van der Waals surface area contributed by atoms with Gasteiger partial charge in [0.2, 0.25) is 0 Å². The third-order valence-electron chi connectivity index (χ3n) is 5.80. The van der Waals surface area contributed by atoms with E-state index < -0.39 is 17.2 Å². The highest BCUT2D eigenvalue weighted by atomic mass is 32.2. The van der Waals surface area contributed by atoms with Crippen LogP contribution in [0.4, 0.5) is 20.3 Å². The van der Waals surface area contributed by atoms with Crippen LogP contribution in [0.25, 0.3) is 10.9 Å². The fourth-order valence-corrected chi connectivity index (χ4v) is 5.43. The summed E-state index contributed by atoms with van der Waals surface area (Å²) < 4.78 is 34.9. The summed E-state index contributed by atoms with van der Waals surface area (Å²) in [4.78, 5) is 13.2. The van der Waals surface area contributed by atoms with Crippen LogP contribution in [0.3, 0.4) is 0 Å². The van der Waals surface area contributed by atoms with Crippen molar-refractivity contribution in [2.45, 2.75) is 24.1 Å². The number of ether oxygens (including phenoxy) is 1. The Hall–Kier alpha value is -3.38. The van der Waals surface area contributed by atoms with E-state index in [0.29, 0.717) is 27.9 Å². The number of aromatic nitrogens is 2. The molecule has 2 aromatic heterocycles. The molecule has 3 heterocycles. The minimum atomic E-state index is -0.964. The molecule has 3 atom stereocenters. The fraction of sp³-hybridized carbons (Fsp3) is 0.261. The number of amidine groups is 1. The van der Waals surface area contributed by atoms with Crippen LogP contribution in [0.1, 0.15) is 18.9 Å². The number of aliphatic imine (C=N–C) groups is 1. The van der Waals surface area contributed by atoms with Crippen molar-refractivity contribution in [3.05, 3.63) is 53.9 Å². The first-order chi connectivity index (χ1) is 15.4. The molecule has 0 saturated heterocycles. The highest BCUT2D eigenvalue weighted by molar-refractivity contribution is 8.14. The van der Waals surface area contributed by atoms with E-state index in [-0.39, 0.29) is 23.3 Å². The molecule has 1 aliphatic carbocycles. The lowest BCUT2D eigenvalue weighted by atomic mass is 9.86. The molecule has 5 rings (SSSR count). The van der Waals surface area contributed by atoms with Crippen molar-refractivity contribution in [3.63, 3.8) is 0 Å². The number of nitrogens with zero attached hydrogens (tertiary/aromatic N) is 3. The van der Waals surface area contributed by atoms with Crippen LogP contribution >= 0.6 is 11.8 Å². The first-order valence-electron chi connectivity index (χ1n) is 9.98. The summed E-state index contributed by atoms with van der Waals surface area (Å²) in [5.41, 5.74) is 6.11. The lowest BCUT2D eigenvalue weighted by Gasteiger charge is -2.30. The Bertz CT molecular complexity index is 1310. The smallest absolute Gasteiger partial charge is 0.164 e. The lowest BCUT2D eigenvalue weighted by Crippen LogP contribution is -2.32. The van der Waals surface area contributed by atoms with Crippen LogP contribution in [0.15, 0.2) is 41.7 Å². The molecule has 0 bridgehead atoms. The molecule has 32 heavy (non-hydrogen) atoms. The highest BCUT2D eigenvalue weighted by Crippen LogP contribution is 2.58. The zero-order chi connectivity index (χ0) is 22.5. The predicted octanol–water partition coefficient (Wildman–Crippen LogP) is 4.33. The van der Waals surface area contributed by atoms with Crippen molar-refractivity contribution in [2.24, 2.45) is 16.6 Å². The van der Waals surface area contributed by atoms with Gasteiger partial charge in [-0.25, -0.2) is 18.7 Å². The van der Waals surface area contributed by atoms with Crippen molar-refractivity contribution in [1.29, 1.82) is 0 Å². The number of benzene rings is 1. The SMILES string of the molecule is C#CCOc1cnc2c(Nc3cc(F)c(F)c([C@@]4(C)N=C(N)SC5C[C@H]54)c3)nccc2c1. The zero-order valence-electron chi connectivity index (χ0n) is 17.1. The predicted molar refractivity (Wildman–Crippen MR) is 122 cm³/mol. The van der Waals surface area contributed by atoms with Gasteiger partial charge in [-0.1, -0.05) is 17.7 Å². The average Bonchev–Trinajstić information content (AvgIpc) is 3.55. The molecule has 1 aromatic carbocycles. The van der Waals surface area contributed by atoms with E-state index in [4.69, 9.17) is 16.9 Å². The van der Waals surface area contributed by atoms with E-state index in [1.807, 2.05) is 0 Å². The third kappa shape index (κ3) is 3.50. The van der Waals surface area contributed by atoms with Crippen LogP contribution < -0.4 is 15.8 Å². The fourth-order valence-electron chi connectivity index (χ4n) is 4.15. The number of fused-ring (bicyclic) bond motifs is 2. The molecule has 1 saturated carbocycles. The summed E-state index contributed by atoms with van der Waals surface area (Å²) in [6.45, 7) is 1.94. The van der Waals surface area contributed by atoms with Gasteiger partial charge in [0.25, 0.3) is 0 Å². The molecule has 0 amide bonds. The molecule has 3 aromatic rings. The van der Waals surface area contributed by atoms with Gasteiger partial charge in [-0.3, -0.25) is 4.99 Å². The molecule has 0 radical (unpaired) electrons. The first-order valence-corrected chi connectivity index (χ1v) is 10.9.